The standard InChI is InChI=1S/C12H18O3/c1-2-15-12(14)9-5-7-10-6-3-4-8-11(10)13/h5,9-10H,2-4,6-8H2,1H3. The molecule has 1 saturated carbocycles. The quantitative estimate of drug-likeness (QED) is 0.528. The lowest BCUT2D eigenvalue weighted by Crippen LogP contribution is -2.18. The van der Waals surface area contributed by atoms with Crippen LogP contribution in [0.25, 0.3) is 0 Å². The van der Waals surface area contributed by atoms with Crippen LogP contribution in [-0.2, 0) is 14.3 Å². The van der Waals surface area contributed by atoms with Gasteiger partial charge in [-0.15, -0.1) is 0 Å². The van der Waals surface area contributed by atoms with Crippen molar-refractivity contribution in [2.24, 2.45) is 5.92 Å². The summed E-state index contributed by atoms with van der Waals surface area (Å²) in [6.45, 7) is 2.17. The average molecular weight is 210 g/mol. The summed E-state index contributed by atoms with van der Waals surface area (Å²) in [5, 5.41) is 0. The predicted octanol–water partition coefficient (Wildman–Crippen LogP) is 2.26. The highest BCUT2D eigenvalue weighted by Crippen LogP contribution is 2.23. The second kappa shape index (κ2) is 6.38. The van der Waals surface area contributed by atoms with Gasteiger partial charge in [0.25, 0.3) is 0 Å². The summed E-state index contributed by atoms with van der Waals surface area (Å²) in [6.07, 6.45) is 7.68. The molecule has 0 aromatic heterocycles. The number of ketones is 1. The number of carbonyl (C=O) groups is 2. The van der Waals surface area contributed by atoms with Crippen LogP contribution in [0.2, 0.25) is 0 Å². The van der Waals surface area contributed by atoms with Gasteiger partial charge < -0.3 is 4.74 Å². The van der Waals surface area contributed by atoms with Crippen molar-refractivity contribution in [3.8, 4) is 0 Å². The van der Waals surface area contributed by atoms with Gasteiger partial charge >= 0.3 is 5.97 Å². The third-order valence-electron chi connectivity index (χ3n) is 2.64. The van der Waals surface area contributed by atoms with Crippen molar-refractivity contribution in [2.45, 2.75) is 39.0 Å². The highest BCUT2D eigenvalue weighted by atomic mass is 16.5. The van der Waals surface area contributed by atoms with E-state index in [0.29, 0.717) is 25.2 Å². The van der Waals surface area contributed by atoms with Crippen molar-refractivity contribution in [1.82, 2.24) is 0 Å². The molecule has 0 saturated heterocycles. The lowest BCUT2D eigenvalue weighted by atomic mass is 9.86. The first-order chi connectivity index (χ1) is 7.24. The number of hydrogen-bond donors (Lipinski definition) is 0. The molecule has 3 nitrogen and oxygen atoms in total. The molecule has 0 aromatic rings. The molecule has 1 aliphatic rings. The number of allylic oxidation sites excluding steroid dienone is 1. The molecular weight excluding hydrogens is 192 g/mol. The first-order valence-electron chi connectivity index (χ1n) is 5.60. The molecule has 0 N–H and O–H groups in total. The smallest absolute Gasteiger partial charge is 0.330 e. The van der Waals surface area contributed by atoms with E-state index < -0.39 is 0 Å². The molecular formula is C12H18O3. The van der Waals surface area contributed by atoms with Crippen molar-refractivity contribution in [1.29, 1.82) is 0 Å². The monoisotopic (exact) mass is 210 g/mol. The fourth-order valence-corrected chi connectivity index (χ4v) is 1.82. The normalized spacial score (nSPS) is 21.9. The molecule has 1 aliphatic carbocycles. The van der Waals surface area contributed by atoms with E-state index in [1.54, 1.807) is 13.0 Å². The Balaban J connectivity index is 2.29. The molecule has 0 spiro atoms. The number of esters is 1. The molecule has 1 unspecified atom stereocenters. The van der Waals surface area contributed by atoms with Crippen LogP contribution in [0.3, 0.4) is 0 Å². The molecule has 0 bridgehead atoms. The SMILES string of the molecule is CCOC(=O)C=CCC1CCCCC1=O. The summed E-state index contributed by atoms with van der Waals surface area (Å²) in [6, 6.07) is 0. The molecule has 1 rings (SSSR count). The van der Waals surface area contributed by atoms with Crippen LogP contribution in [0.15, 0.2) is 12.2 Å². The zero-order valence-electron chi connectivity index (χ0n) is 9.20. The molecule has 0 amide bonds. The molecule has 0 aliphatic heterocycles. The molecule has 3 heteroatoms. The zero-order chi connectivity index (χ0) is 11.1. The Kier molecular flexibility index (Phi) is 5.08. The van der Waals surface area contributed by atoms with Crippen LogP contribution in [0.1, 0.15) is 39.0 Å². The largest absolute Gasteiger partial charge is 0.463 e. The maximum atomic E-state index is 11.4. The first-order valence-corrected chi connectivity index (χ1v) is 5.60. The highest BCUT2D eigenvalue weighted by molar-refractivity contribution is 5.83. The van der Waals surface area contributed by atoms with Crippen LogP contribution in [0, 0.1) is 5.92 Å². The van der Waals surface area contributed by atoms with Crippen LogP contribution in [-0.4, -0.2) is 18.4 Å². The van der Waals surface area contributed by atoms with Gasteiger partial charge in [-0.3, -0.25) is 4.79 Å². The van der Waals surface area contributed by atoms with Crippen LogP contribution < -0.4 is 0 Å². The fourth-order valence-electron chi connectivity index (χ4n) is 1.82. The molecule has 0 aromatic carbocycles. The number of hydrogen-bond acceptors (Lipinski definition) is 3. The minimum Gasteiger partial charge on any atom is -0.463 e. The van der Waals surface area contributed by atoms with Crippen molar-refractivity contribution < 1.29 is 14.3 Å². The van der Waals surface area contributed by atoms with Gasteiger partial charge in [0.2, 0.25) is 0 Å². The lowest BCUT2D eigenvalue weighted by molar-refractivity contribution is -0.137. The highest BCUT2D eigenvalue weighted by Gasteiger charge is 2.20. The zero-order valence-corrected chi connectivity index (χ0v) is 9.20. The van der Waals surface area contributed by atoms with Crippen molar-refractivity contribution >= 4 is 11.8 Å². The van der Waals surface area contributed by atoms with Crippen molar-refractivity contribution in [3.05, 3.63) is 12.2 Å². The first kappa shape index (κ1) is 12.0. The third kappa shape index (κ3) is 4.28. The Morgan fingerprint density at radius 1 is 1.53 bits per heavy atom. The van der Waals surface area contributed by atoms with E-state index in [9.17, 15) is 9.59 Å². The summed E-state index contributed by atoms with van der Waals surface area (Å²) in [5.41, 5.74) is 0. The fraction of sp³-hybridized carbons (Fsp3) is 0.667. The Bertz CT molecular complexity index is 256. The van der Waals surface area contributed by atoms with Gasteiger partial charge in [0, 0.05) is 18.4 Å². The van der Waals surface area contributed by atoms with Crippen LogP contribution in [0.5, 0.6) is 0 Å². The van der Waals surface area contributed by atoms with E-state index in [4.69, 9.17) is 4.74 Å². The van der Waals surface area contributed by atoms with Gasteiger partial charge in [0.1, 0.15) is 5.78 Å². The summed E-state index contributed by atoms with van der Waals surface area (Å²) in [4.78, 5) is 22.4. The van der Waals surface area contributed by atoms with E-state index in [1.165, 1.54) is 6.08 Å². The molecule has 1 atom stereocenters. The summed E-state index contributed by atoms with van der Waals surface area (Å²) >= 11 is 0. The number of ether oxygens (including phenoxy) is 1. The van der Waals surface area contributed by atoms with Crippen molar-refractivity contribution in [2.75, 3.05) is 6.61 Å². The minimum atomic E-state index is -0.319. The lowest BCUT2D eigenvalue weighted by Gasteiger charge is -2.18. The Morgan fingerprint density at radius 2 is 2.33 bits per heavy atom. The molecule has 0 heterocycles. The van der Waals surface area contributed by atoms with Gasteiger partial charge in [0.15, 0.2) is 0 Å². The van der Waals surface area contributed by atoms with Gasteiger partial charge in [0.05, 0.1) is 6.61 Å². The topological polar surface area (TPSA) is 43.4 Å². The second-order valence-electron chi connectivity index (χ2n) is 3.80. The molecule has 15 heavy (non-hydrogen) atoms. The third-order valence-corrected chi connectivity index (χ3v) is 2.64. The molecule has 1 fully saturated rings. The van der Waals surface area contributed by atoms with Gasteiger partial charge in [-0.05, 0) is 26.2 Å². The predicted molar refractivity (Wildman–Crippen MR) is 57.4 cm³/mol. The maximum Gasteiger partial charge on any atom is 0.330 e. The number of rotatable bonds is 4. The molecule has 0 radical (unpaired) electrons. The van der Waals surface area contributed by atoms with Crippen LogP contribution >= 0.6 is 0 Å². The average Bonchev–Trinajstić information content (AvgIpc) is 2.21. The van der Waals surface area contributed by atoms with Gasteiger partial charge in [-0.2, -0.15) is 0 Å². The maximum absolute atomic E-state index is 11.4. The number of carbonyl (C=O) groups excluding carboxylic acids is 2. The van der Waals surface area contributed by atoms with Gasteiger partial charge in [-0.25, -0.2) is 4.79 Å². The minimum absolute atomic E-state index is 0.129. The van der Waals surface area contributed by atoms with Crippen LogP contribution in [0.4, 0.5) is 0 Å². The second-order valence-corrected chi connectivity index (χ2v) is 3.80. The van der Waals surface area contributed by atoms with Crippen molar-refractivity contribution in [3.63, 3.8) is 0 Å². The Labute approximate surface area is 90.5 Å². The van der Waals surface area contributed by atoms with E-state index in [0.717, 1.165) is 19.3 Å². The van der Waals surface area contributed by atoms with Gasteiger partial charge in [-0.1, -0.05) is 12.5 Å². The van der Waals surface area contributed by atoms with E-state index in [-0.39, 0.29) is 11.9 Å². The molecule has 84 valence electrons. The Morgan fingerprint density at radius 3 is 3.00 bits per heavy atom. The Hall–Kier alpha value is -1.12. The van der Waals surface area contributed by atoms with E-state index in [1.807, 2.05) is 0 Å². The van der Waals surface area contributed by atoms with E-state index >= 15 is 0 Å². The number of Topliss-reactive ketones (excluding diaryl/α,β-unsaturated/α-hetero) is 1. The summed E-state index contributed by atoms with van der Waals surface area (Å²) in [7, 11) is 0. The van der Waals surface area contributed by atoms with E-state index in [2.05, 4.69) is 0 Å². The summed E-state index contributed by atoms with van der Waals surface area (Å²) in [5.74, 6) is 0.153. The summed E-state index contributed by atoms with van der Waals surface area (Å²) < 4.78 is 4.75.